The fourth-order valence-corrected chi connectivity index (χ4v) is 5.53. The molecule has 3 aliphatic rings. The van der Waals surface area contributed by atoms with Crippen molar-refractivity contribution in [2.75, 3.05) is 63.8 Å². The summed E-state index contributed by atoms with van der Waals surface area (Å²) < 4.78 is 17.9. The summed E-state index contributed by atoms with van der Waals surface area (Å²) in [4.78, 5) is 44.0. The van der Waals surface area contributed by atoms with Crippen molar-refractivity contribution >= 4 is 46.4 Å². The fraction of sp³-hybridized carbons (Fsp3) is 0.423. The van der Waals surface area contributed by atoms with Crippen LogP contribution in [0.25, 0.3) is 10.8 Å². The van der Waals surface area contributed by atoms with Crippen molar-refractivity contribution in [3.8, 4) is 0 Å². The van der Waals surface area contributed by atoms with Gasteiger partial charge in [0, 0.05) is 59.3 Å². The van der Waals surface area contributed by atoms with Gasteiger partial charge in [-0.15, -0.1) is 0 Å². The molecule has 0 N–H and O–H groups in total. The van der Waals surface area contributed by atoms with E-state index in [4.69, 9.17) is 14.2 Å². The first kappa shape index (κ1) is 25.2. The number of carbonyl (C=O) groups is 3. The molecule has 10 nitrogen and oxygen atoms in total. The first-order chi connectivity index (χ1) is 18.0. The van der Waals surface area contributed by atoms with E-state index in [0.29, 0.717) is 36.3 Å². The molecule has 0 saturated carbocycles. The third-order valence-electron chi connectivity index (χ3n) is 6.89. The van der Waals surface area contributed by atoms with Gasteiger partial charge in [0.05, 0.1) is 26.3 Å². The molecule has 3 heterocycles. The maximum Gasteiger partial charge on any atom is 0.508 e. The zero-order chi connectivity index (χ0) is 25.9. The van der Waals surface area contributed by atoms with E-state index in [2.05, 4.69) is 21.0 Å². The van der Waals surface area contributed by atoms with Crippen molar-refractivity contribution in [3.05, 3.63) is 53.9 Å². The van der Waals surface area contributed by atoms with Crippen LogP contribution in [0.5, 0.6) is 0 Å². The first-order valence-corrected chi connectivity index (χ1v) is 13.5. The van der Waals surface area contributed by atoms with Crippen molar-refractivity contribution < 1.29 is 28.6 Å². The van der Waals surface area contributed by atoms with E-state index in [1.807, 2.05) is 36.9 Å². The Hall–Kier alpha value is -3.44. The lowest BCUT2D eigenvalue weighted by Crippen LogP contribution is -2.42. The van der Waals surface area contributed by atoms with Crippen LogP contribution >= 0.6 is 11.9 Å². The Labute approximate surface area is 219 Å². The molecule has 11 heteroatoms. The number of rotatable bonds is 8. The molecule has 1 atom stereocenters. The first-order valence-electron chi connectivity index (χ1n) is 12.3. The van der Waals surface area contributed by atoms with E-state index in [1.165, 1.54) is 0 Å². The SMILES string of the molecule is CSN1C=CN(CCOC(=O)OCCN2C(=O)c3cccc4c(N5CCOCC5)ccc(c34)C2=O)C1C. The van der Waals surface area contributed by atoms with Crippen LogP contribution in [0.2, 0.25) is 0 Å². The van der Waals surface area contributed by atoms with Gasteiger partial charge in [-0.2, -0.15) is 0 Å². The van der Waals surface area contributed by atoms with E-state index >= 15 is 0 Å². The van der Waals surface area contributed by atoms with Crippen LogP contribution in [0.3, 0.4) is 0 Å². The zero-order valence-electron chi connectivity index (χ0n) is 20.9. The van der Waals surface area contributed by atoms with Gasteiger partial charge in [0.2, 0.25) is 0 Å². The van der Waals surface area contributed by atoms with Crippen molar-refractivity contribution in [1.29, 1.82) is 0 Å². The molecule has 1 fully saturated rings. The molecule has 2 amide bonds. The van der Waals surface area contributed by atoms with Gasteiger partial charge in [-0.05, 0) is 25.1 Å². The van der Waals surface area contributed by atoms with Gasteiger partial charge < -0.3 is 28.3 Å². The van der Waals surface area contributed by atoms with Gasteiger partial charge in [-0.1, -0.05) is 24.1 Å². The highest BCUT2D eigenvalue weighted by molar-refractivity contribution is 7.96. The van der Waals surface area contributed by atoms with Crippen LogP contribution in [-0.2, 0) is 14.2 Å². The van der Waals surface area contributed by atoms with Crippen LogP contribution in [-0.4, -0.2) is 97.1 Å². The monoisotopic (exact) mass is 526 g/mol. The zero-order valence-corrected chi connectivity index (χ0v) is 21.7. The molecule has 1 saturated heterocycles. The van der Waals surface area contributed by atoms with Crippen LogP contribution < -0.4 is 4.90 Å². The molecule has 5 rings (SSSR count). The van der Waals surface area contributed by atoms with Crippen molar-refractivity contribution in [1.82, 2.24) is 14.1 Å². The summed E-state index contributed by atoms with van der Waals surface area (Å²) >= 11 is 1.62. The molecule has 0 aliphatic carbocycles. The summed E-state index contributed by atoms with van der Waals surface area (Å²) in [5.74, 6) is -0.792. The highest BCUT2D eigenvalue weighted by Gasteiger charge is 2.34. The summed E-state index contributed by atoms with van der Waals surface area (Å²) in [5.41, 5.74) is 1.93. The number of amides is 2. The number of carbonyl (C=O) groups excluding carboxylic acids is 3. The number of anilines is 1. The van der Waals surface area contributed by atoms with Crippen LogP contribution in [0.1, 0.15) is 27.6 Å². The average Bonchev–Trinajstić information content (AvgIpc) is 3.28. The fourth-order valence-electron chi connectivity index (χ4n) is 4.93. The third kappa shape index (κ3) is 4.93. The molecule has 2 aromatic rings. The lowest BCUT2D eigenvalue weighted by molar-refractivity contribution is 0.0361. The summed E-state index contributed by atoms with van der Waals surface area (Å²) in [7, 11) is 0. The Morgan fingerprint density at radius 1 is 1.00 bits per heavy atom. The molecule has 0 spiro atoms. The second kappa shape index (κ2) is 10.9. The largest absolute Gasteiger partial charge is 0.508 e. The molecule has 0 radical (unpaired) electrons. The number of hydrogen-bond acceptors (Lipinski definition) is 10. The quantitative estimate of drug-likeness (QED) is 0.290. The van der Waals surface area contributed by atoms with E-state index in [0.717, 1.165) is 29.1 Å². The molecule has 37 heavy (non-hydrogen) atoms. The van der Waals surface area contributed by atoms with Crippen LogP contribution in [0, 0.1) is 0 Å². The van der Waals surface area contributed by atoms with Crippen molar-refractivity contribution in [3.63, 3.8) is 0 Å². The summed E-state index contributed by atoms with van der Waals surface area (Å²) in [6, 6.07) is 9.22. The Morgan fingerprint density at radius 3 is 2.41 bits per heavy atom. The molecular weight excluding hydrogens is 496 g/mol. The van der Waals surface area contributed by atoms with Gasteiger partial charge in [0.25, 0.3) is 11.8 Å². The number of morpholine rings is 1. The third-order valence-corrected chi connectivity index (χ3v) is 7.74. The van der Waals surface area contributed by atoms with Gasteiger partial charge in [-0.3, -0.25) is 14.5 Å². The van der Waals surface area contributed by atoms with Gasteiger partial charge >= 0.3 is 6.16 Å². The summed E-state index contributed by atoms with van der Waals surface area (Å²) in [6.07, 6.45) is 5.27. The topological polar surface area (TPSA) is 91.9 Å². The molecule has 0 bridgehead atoms. The summed E-state index contributed by atoms with van der Waals surface area (Å²) in [6.45, 7) is 5.34. The molecule has 2 aromatic carbocycles. The Kier molecular flexibility index (Phi) is 7.43. The predicted octanol–water partition coefficient (Wildman–Crippen LogP) is 3.14. The smallest absolute Gasteiger partial charge is 0.432 e. The van der Waals surface area contributed by atoms with Crippen LogP contribution in [0.4, 0.5) is 10.5 Å². The second-order valence-corrected chi connectivity index (χ2v) is 9.67. The number of hydrogen-bond donors (Lipinski definition) is 0. The number of nitrogens with zero attached hydrogens (tertiary/aromatic N) is 4. The lowest BCUT2D eigenvalue weighted by atomic mass is 9.92. The normalized spacial score (nSPS) is 19.2. The lowest BCUT2D eigenvalue weighted by Gasteiger charge is -2.32. The van der Waals surface area contributed by atoms with E-state index < -0.39 is 18.0 Å². The average molecular weight is 527 g/mol. The Bertz CT molecular complexity index is 1210. The number of imide groups is 1. The van der Waals surface area contributed by atoms with Crippen LogP contribution in [0.15, 0.2) is 42.7 Å². The Balaban J connectivity index is 1.19. The predicted molar refractivity (Wildman–Crippen MR) is 140 cm³/mol. The number of benzene rings is 2. The standard InChI is InChI=1S/C26H30N4O6S/c1-18-27(8-9-30(18)37-2)12-16-35-26(33)36-17-13-29-24(31)20-5-3-4-19-22(28-10-14-34-15-11-28)7-6-21(23(19)20)25(29)32/h3-9,18H,10-17H2,1-2H3. The molecule has 1 unspecified atom stereocenters. The van der Waals surface area contributed by atoms with Crippen molar-refractivity contribution in [2.24, 2.45) is 0 Å². The highest BCUT2D eigenvalue weighted by atomic mass is 32.2. The van der Waals surface area contributed by atoms with E-state index in [1.54, 1.807) is 24.1 Å². The molecule has 0 aromatic heterocycles. The summed E-state index contributed by atoms with van der Waals surface area (Å²) in [5, 5.41) is 1.55. The number of ether oxygens (including phenoxy) is 3. The van der Waals surface area contributed by atoms with Gasteiger partial charge in [0.1, 0.15) is 19.4 Å². The van der Waals surface area contributed by atoms with E-state index in [9.17, 15) is 14.4 Å². The van der Waals surface area contributed by atoms with E-state index in [-0.39, 0.29) is 25.9 Å². The maximum absolute atomic E-state index is 13.3. The second-order valence-electron chi connectivity index (χ2n) is 8.88. The minimum absolute atomic E-state index is 0.0532. The van der Waals surface area contributed by atoms with Gasteiger partial charge in [-0.25, -0.2) is 4.79 Å². The van der Waals surface area contributed by atoms with Crippen molar-refractivity contribution in [2.45, 2.75) is 13.1 Å². The maximum atomic E-state index is 13.3. The molecule has 196 valence electrons. The molecular formula is C26H30N4O6S. The minimum Gasteiger partial charge on any atom is -0.432 e. The Morgan fingerprint density at radius 2 is 1.70 bits per heavy atom. The van der Waals surface area contributed by atoms with Gasteiger partial charge in [0.15, 0.2) is 0 Å². The minimum atomic E-state index is -0.827. The molecule has 3 aliphatic heterocycles. The highest BCUT2D eigenvalue weighted by Crippen LogP contribution is 2.36.